The van der Waals surface area contributed by atoms with Gasteiger partial charge in [0, 0.05) is 6.08 Å². The van der Waals surface area contributed by atoms with Crippen LogP contribution >= 0.6 is 0 Å². The maximum atomic E-state index is 13.2. The molecule has 0 saturated carbocycles. The van der Waals surface area contributed by atoms with E-state index in [-0.39, 0.29) is 6.08 Å². The molecule has 0 unspecified atom stereocenters. The summed E-state index contributed by atoms with van der Waals surface area (Å²) >= 11 is 0. The summed E-state index contributed by atoms with van der Waals surface area (Å²) in [5, 5.41) is 0. The molecular formula is C17H12F18O4. The van der Waals surface area contributed by atoms with E-state index in [1.807, 2.05) is 0 Å². The summed E-state index contributed by atoms with van der Waals surface area (Å²) in [7, 11) is 0. The van der Waals surface area contributed by atoms with Crippen molar-refractivity contribution in [3.8, 4) is 0 Å². The average Bonchev–Trinajstić information content (AvgIpc) is 2.71. The van der Waals surface area contributed by atoms with Gasteiger partial charge in [0.05, 0.1) is 32.5 Å². The maximum absolute atomic E-state index is 13.2. The molecule has 0 fully saturated rings. The molecular weight excluding hydrogens is 610 g/mol. The Bertz CT molecular complexity index is 887. The summed E-state index contributed by atoms with van der Waals surface area (Å²) in [5.41, 5.74) is 0. The van der Waals surface area contributed by atoms with Crippen LogP contribution < -0.4 is 0 Å². The van der Waals surface area contributed by atoms with Gasteiger partial charge in [-0.05, 0) is 0 Å². The van der Waals surface area contributed by atoms with Crippen LogP contribution in [0, 0.1) is 0 Å². The molecule has 0 saturated heterocycles. The van der Waals surface area contributed by atoms with Crippen molar-refractivity contribution in [3.63, 3.8) is 0 Å². The molecule has 0 N–H and O–H groups in total. The summed E-state index contributed by atoms with van der Waals surface area (Å²) in [6.45, 7) is -3.74. The van der Waals surface area contributed by atoms with Crippen molar-refractivity contribution in [3.05, 3.63) is 12.2 Å². The summed E-state index contributed by atoms with van der Waals surface area (Å²) in [4.78, 5) is 22.4. The molecule has 0 aliphatic rings. The smallest absolute Gasteiger partial charge is 0.460 e. The highest BCUT2D eigenvalue weighted by atomic mass is 19.4. The molecule has 0 atom stereocenters. The fourth-order valence-corrected chi connectivity index (χ4v) is 2.06. The van der Waals surface area contributed by atoms with Crippen molar-refractivity contribution in [1.82, 2.24) is 0 Å². The molecule has 4 nitrogen and oxygen atoms in total. The predicted octanol–water partition coefficient (Wildman–Crippen LogP) is 6.74. The third-order valence-electron chi connectivity index (χ3n) is 4.30. The monoisotopic (exact) mass is 622 g/mol. The number of rotatable bonds is 13. The van der Waals surface area contributed by atoms with Crippen molar-refractivity contribution in [2.45, 2.75) is 67.2 Å². The molecule has 0 heterocycles. The van der Waals surface area contributed by atoms with Gasteiger partial charge in [-0.15, -0.1) is 0 Å². The Balaban J connectivity index is 4.82. The van der Waals surface area contributed by atoms with Gasteiger partial charge in [-0.2, -0.15) is 79.0 Å². The number of esters is 2. The molecule has 0 aromatic carbocycles. The topological polar surface area (TPSA) is 52.6 Å². The SMILES string of the molecule is O=C(C=CCC(=O)OCCC(F)(F)C(F)(F)C(F)(F)C(F)(F)F)OCCC(F)(F)C(F)(F)C(F)(F)C(F)(F)F. The number of hydrogen-bond acceptors (Lipinski definition) is 4. The van der Waals surface area contributed by atoms with Crippen LogP contribution in [0.1, 0.15) is 19.3 Å². The van der Waals surface area contributed by atoms with Gasteiger partial charge in [0.15, 0.2) is 0 Å². The van der Waals surface area contributed by atoms with Crippen LogP contribution in [-0.2, 0) is 19.1 Å². The van der Waals surface area contributed by atoms with Gasteiger partial charge in [0.1, 0.15) is 0 Å². The minimum absolute atomic E-state index is 0.0918. The highest BCUT2D eigenvalue weighted by molar-refractivity contribution is 5.83. The number of halogens is 18. The third kappa shape index (κ3) is 7.76. The highest BCUT2D eigenvalue weighted by Crippen LogP contribution is 2.55. The van der Waals surface area contributed by atoms with E-state index in [1.165, 1.54) is 0 Å². The lowest BCUT2D eigenvalue weighted by atomic mass is 10.0. The molecule has 0 amide bonds. The van der Waals surface area contributed by atoms with Crippen LogP contribution in [0.4, 0.5) is 79.0 Å². The van der Waals surface area contributed by atoms with Crippen molar-refractivity contribution >= 4 is 11.9 Å². The first kappa shape index (κ1) is 36.4. The molecule has 0 aromatic rings. The number of ether oxygens (including phenoxy) is 2. The summed E-state index contributed by atoms with van der Waals surface area (Å²) < 4.78 is 235. The largest absolute Gasteiger partial charge is 0.465 e. The van der Waals surface area contributed by atoms with E-state index < -0.39 is 92.3 Å². The van der Waals surface area contributed by atoms with Gasteiger partial charge in [0.25, 0.3) is 0 Å². The van der Waals surface area contributed by atoms with E-state index in [0.717, 1.165) is 0 Å². The van der Waals surface area contributed by atoms with Crippen LogP contribution in [0.3, 0.4) is 0 Å². The normalized spacial score (nSPS) is 15.0. The Morgan fingerprint density at radius 1 is 0.513 bits per heavy atom. The molecule has 22 heteroatoms. The first-order chi connectivity index (χ1) is 17.0. The van der Waals surface area contributed by atoms with Gasteiger partial charge in [-0.1, -0.05) is 6.08 Å². The summed E-state index contributed by atoms with van der Waals surface area (Å²) in [6, 6.07) is 0. The van der Waals surface area contributed by atoms with E-state index in [1.54, 1.807) is 0 Å². The molecule has 0 aromatic heterocycles. The number of alkyl halides is 18. The predicted molar refractivity (Wildman–Crippen MR) is 86.7 cm³/mol. The Labute approximate surface area is 203 Å². The second kappa shape index (κ2) is 11.5. The second-order valence-corrected chi connectivity index (χ2v) is 7.20. The molecule has 0 aliphatic carbocycles. The highest BCUT2D eigenvalue weighted by Gasteiger charge is 2.82. The molecule has 0 radical (unpaired) electrons. The van der Waals surface area contributed by atoms with Crippen molar-refractivity contribution < 1.29 is 98.1 Å². The zero-order valence-electron chi connectivity index (χ0n) is 18.1. The number of carbonyl (C=O) groups is 2. The van der Waals surface area contributed by atoms with E-state index in [4.69, 9.17) is 0 Å². The van der Waals surface area contributed by atoms with E-state index in [2.05, 4.69) is 9.47 Å². The Morgan fingerprint density at radius 2 is 0.846 bits per heavy atom. The molecule has 0 aliphatic heterocycles. The van der Waals surface area contributed by atoms with Crippen molar-refractivity contribution in [2.24, 2.45) is 0 Å². The van der Waals surface area contributed by atoms with Crippen LogP contribution in [0.5, 0.6) is 0 Å². The zero-order chi connectivity index (χ0) is 31.5. The van der Waals surface area contributed by atoms with Crippen LogP contribution in [0.25, 0.3) is 0 Å². The average molecular weight is 622 g/mol. The van der Waals surface area contributed by atoms with Crippen LogP contribution in [0.2, 0.25) is 0 Å². The zero-order valence-corrected chi connectivity index (χ0v) is 18.1. The van der Waals surface area contributed by atoms with E-state index in [0.29, 0.717) is 6.08 Å². The quantitative estimate of drug-likeness (QED) is 0.130. The van der Waals surface area contributed by atoms with Gasteiger partial charge in [0.2, 0.25) is 0 Å². The Morgan fingerprint density at radius 3 is 1.18 bits per heavy atom. The second-order valence-electron chi connectivity index (χ2n) is 7.20. The first-order valence-corrected chi connectivity index (χ1v) is 9.39. The molecule has 39 heavy (non-hydrogen) atoms. The maximum Gasteiger partial charge on any atom is 0.460 e. The van der Waals surface area contributed by atoms with E-state index in [9.17, 15) is 88.6 Å². The molecule has 0 spiro atoms. The molecule has 230 valence electrons. The standard InChI is InChI=1S/C17H12F18O4/c18-10(19,12(22,23)14(26,27)16(30,31)32)4-6-38-8(36)2-1-3-9(37)39-7-5-11(20,21)13(24,25)15(28,29)17(33,34)35/h1-2H,3-7H2. The molecule has 0 rings (SSSR count). The van der Waals surface area contributed by atoms with Gasteiger partial charge in [-0.25, -0.2) is 4.79 Å². The van der Waals surface area contributed by atoms with Crippen LogP contribution in [-0.4, -0.2) is 73.0 Å². The first-order valence-electron chi connectivity index (χ1n) is 9.39. The lowest BCUT2D eigenvalue weighted by molar-refractivity contribution is -0.397. The third-order valence-corrected chi connectivity index (χ3v) is 4.30. The van der Waals surface area contributed by atoms with Crippen molar-refractivity contribution in [1.29, 1.82) is 0 Å². The Hall–Kier alpha value is -2.58. The van der Waals surface area contributed by atoms with Gasteiger partial charge < -0.3 is 9.47 Å². The number of carbonyl (C=O) groups excluding carboxylic acids is 2. The summed E-state index contributed by atoms with van der Waals surface area (Å²) in [6.07, 6.45) is -20.0. The van der Waals surface area contributed by atoms with Gasteiger partial charge in [-0.3, -0.25) is 4.79 Å². The lowest BCUT2D eigenvalue weighted by Gasteiger charge is -2.33. The van der Waals surface area contributed by atoms with Gasteiger partial charge >= 0.3 is 59.8 Å². The minimum Gasteiger partial charge on any atom is -0.465 e. The fourth-order valence-electron chi connectivity index (χ4n) is 2.06. The fraction of sp³-hybridized carbons (Fsp3) is 0.765. The minimum atomic E-state index is -7.19. The van der Waals surface area contributed by atoms with E-state index >= 15 is 0 Å². The summed E-state index contributed by atoms with van der Waals surface area (Å²) in [5.74, 6) is -44.0. The molecule has 0 bridgehead atoms. The van der Waals surface area contributed by atoms with Crippen LogP contribution in [0.15, 0.2) is 12.2 Å². The number of hydrogen-bond donors (Lipinski definition) is 0. The Kier molecular flexibility index (Phi) is 10.7. The van der Waals surface area contributed by atoms with Crippen molar-refractivity contribution in [2.75, 3.05) is 13.2 Å². The lowest BCUT2D eigenvalue weighted by Crippen LogP contribution is -2.61.